The van der Waals surface area contributed by atoms with E-state index in [-0.39, 0.29) is 12.1 Å². The molecule has 0 atom stereocenters. The minimum absolute atomic E-state index is 0.0540. The molecule has 0 N–H and O–H groups in total. The van der Waals surface area contributed by atoms with Gasteiger partial charge in [0, 0.05) is 33.9 Å². The first kappa shape index (κ1) is 18.7. The smallest absolute Gasteiger partial charge is 0.260 e. The van der Waals surface area contributed by atoms with Crippen LogP contribution in [-0.4, -0.2) is 28.8 Å². The van der Waals surface area contributed by atoms with Gasteiger partial charge in [-0.3, -0.25) is 9.69 Å². The van der Waals surface area contributed by atoms with Crippen molar-refractivity contribution < 1.29 is 4.79 Å². The van der Waals surface area contributed by atoms with Gasteiger partial charge in [0.1, 0.15) is 6.29 Å². The topological polar surface area (TPSA) is 42.3 Å². The maximum atomic E-state index is 13.1. The van der Waals surface area contributed by atoms with Crippen LogP contribution in [-0.2, 0) is 17.9 Å². The van der Waals surface area contributed by atoms with E-state index in [0.717, 1.165) is 47.3 Å². The summed E-state index contributed by atoms with van der Waals surface area (Å²) in [6.45, 7) is 2.98. The molecule has 0 saturated carbocycles. The van der Waals surface area contributed by atoms with Crippen molar-refractivity contribution >= 4 is 50.9 Å². The fourth-order valence-electron chi connectivity index (χ4n) is 3.64. The highest BCUT2D eigenvalue weighted by Gasteiger charge is 2.19. The zero-order valence-electron chi connectivity index (χ0n) is 14.6. The second kappa shape index (κ2) is 7.76. The van der Waals surface area contributed by atoms with Crippen molar-refractivity contribution in [1.29, 1.82) is 0 Å². The van der Waals surface area contributed by atoms with Gasteiger partial charge in [0.05, 0.1) is 22.0 Å². The number of hydrogen-bond acceptors (Lipinski definition) is 4. The van der Waals surface area contributed by atoms with Crippen molar-refractivity contribution in [2.45, 2.75) is 25.9 Å². The number of pyridine rings is 1. The molecule has 1 saturated heterocycles. The molecule has 3 aromatic rings. The van der Waals surface area contributed by atoms with Crippen molar-refractivity contribution in [3.63, 3.8) is 0 Å². The van der Waals surface area contributed by atoms with Crippen molar-refractivity contribution in [3.8, 4) is 11.1 Å². The van der Waals surface area contributed by atoms with Crippen LogP contribution in [0.15, 0.2) is 34.6 Å². The summed E-state index contributed by atoms with van der Waals surface area (Å²) in [6, 6.07) is 5.38. The molecule has 0 amide bonds. The lowest BCUT2D eigenvalue weighted by Gasteiger charge is -2.16. The largest absolute Gasteiger partial charge is 0.307 e. The number of fused-ring (bicyclic) bond motifs is 1. The third kappa shape index (κ3) is 3.57. The standard InChI is InChI=1S/C20H18Cl2N2O2S/c21-16-4-3-13(9-17(16)22)15-12-27-19-14(10-23-5-1-2-6-23)11-24(7-8-25)20(26)18(15)19/h3-4,8-9,11-12H,1-2,5-7,10H2. The van der Waals surface area contributed by atoms with Gasteiger partial charge in [-0.1, -0.05) is 29.3 Å². The number of aldehydes is 1. The lowest BCUT2D eigenvalue weighted by molar-refractivity contribution is -0.108. The fourth-order valence-corrected chi connectivity index (χ4v) is 5.01. The van der Waals surface area contributed by atoms with E-state index in [2.05, 4.69) is 4.90 Å². The molecule has 27 heavy (non-hydrogen) atoms. The van der Waals surface area contributed by atoms with Gasteiger partial charge in [-0.2, -0.15) is 0 Å². The monoisotopic (exact) mass is 420 g/mol. The molecule has 1 aromatic carbocycles. The van der Waals surface area contributed by atoms with Crippen LogP contribution < -0.4 is 5.56 Å². The van der Waals surface area contributed by atoms with Crippen LogP contribution >= 0.6 is 34.5 Å². The Morgan fingerprint density at radius 3 is 2.63 bits per heavy atom. The molecule has 0 radical (unpaired) electrons. The molecule has 4 nitrogen and oxygen atoms in total. The molecule has 1 aliphatic heterocycles. The summed E-state index contributed by atoms with van der Waals surface area (Å²) in [5.74, 6) is 0. The van der Waals surface area contributed by atoms with Crippen LogP contribution in [0.1, 0.15) is 18.4 Å². The van der Waals surface area contributed by atoms with Crippen LogP contribution in [0.5, 0.6) is 0 Å². The first-order valence-corrected chi connectivity index (χ1v) is 10.5. The second-order valence-corrected chi connectivity index (χ2v) is 8.44. The van der Waals surface area contributed by atoms with Crippen LogP contribution in [0.4, 0.5) is 0 Å². The molecule has 0 aliphatic carbocycles. The predicted molar refractivity (Wildman–Crippen MR) is 112 cm³/mol. The van der Waals surface area contributed by atoms with Crippen LogP contribution in [0, 0.1) is 0 Å². The van der Waals surface area contributed by atoms with Crippen molar-refractivity contribution in [2.24, 2.45) is 0 Å². The Balaban J connectivity index is 1.90. The maximum Gasteiger partial charge on any atom is 0.260 e. The highest BCUT2D eigenvalue weighted by atomic mass is 35.5. The third-order valence-electron chi connectivity index (χ3n) is 4.96. The van der Waals surface area contributed by atoms with E-state index in [4.69, 9.17) is 23.2 Å². The summed E-state index contributed by atoms with van der Waals surface area (Å²) >= 11 is 13.8. The van der Waals surface area contributed by atoms with Crippen molar-refractivity contribution in [3.05, 3.63) is 55.7 Å². The van der Waals surface area contributed by atoms with Gasteiger partial charge in [-0.15, -0.1) is 11.3 Å². The Kier molecular flexibility index (Phi) is 5.37. The number of carbonyl (C=O) groups is 1. The van der Waals surface area contributed by atoms with E-state index in [0.29, 0.717) is 15.4 Å². The zero-order chi connectivity index (χ0) is 19.0. The molecule has 1 fully saturated rings. The molecule has 7 heteroatoms. The van der Waals surface area contributed by atoms with Gasteiger partial charge >= 0.3 is 0 Å². The number of likely N-dealkylation sites (tertiary alicyclic amines) is 1. The first-order valence-electron chi connectivity index (χ1n) is 8.83. The lowest BCUT2D eigenvalue weighted by atomic mass is 10.0. The summed E-state index contributed by atoms with van der Waals surface area (Å²) in [4.78, 5) is 26.5. The van der Waals surface area contributed by atoms with Gasteiger partial charge in [0.2, 0.25) is 0 Å². The van der Waals surface area contributed by atoms with E-state index >= 15 is 0 Å². The number of rotatable bonds is 5. The number of halogens is 2. The molecule has 0 unspecified atom stereocenters. The third-order valence-corrected chi connectivity index (χ3v) is 6.76. The first-order chi connectivity index (χ1) is 13.1. The quantitative estimate of drug-likeness (QED) is 0.554. The molecular formula is C20H18Cl2N2O2S. The molecule has 4 rings (SSSR count). The number of thiophene rings is 1. The molecule has 0 bridgehead atoms. The summed E-state index contributed by atoms with van der Waals surface area (Å²) in [5, 5.41) is 3.57. The predicted octanol–water partition coefficient (Wildman–Crippen LogP) is 4.83. The van der Waals surface area contributed by atoms with Gasteiger partial charge in [-0.05, 0) is 43.6 Å². The van der Waals surface area contributed by atoms with E-state index < -0.39 is 0 Å². The Morgan fingerprint density at radius 2 is 1.93 bits per heavy atom. The van der Waals surface area contributed by atoms with E-state index in [1.807, 2.05) is 17.6 Å². The van der Waals surface area contributed by atoms with E-state index in [9.17, 15) is 9.59 Å². The number of nitrogens with zero attached hydrogens (tertiary/aromatic N) is 2. The highest BCUT2D eigenvalue weighted by Crippen LogP contribution is 2.36. The minimum Gasteiger partial charge on any atom is -0.307 e. The Hall–Kier alpha value is -1.66. The van der Waals surface area contributed by atoms with Crippen LogP contribution in [0.3, 0.4) is 0 Å². The molecule has 3 heterocycles. The Morgan fingerprint density at radius 1 is 1.15 bits per heavy atom. The van der Waals surface area contributed by atoms with Crippen molar-refractivity contribution in [1.82, 2.24) is 9.47 Å². The molecule has 140 valence electrons. The number of aromatic nitrogens is 1. The molecular weight excluding hydrogens is 403 g/mol. The van der Waals surface area contributed by atoms with Crippen LogP contribution in [0.2, 0.25) is 10.0 Å². The highest BCUT2D eigenvalue weighted by molar-refractivity contribution is 7.18. The summed E-state index contributed by atoms with van der Waals surface area (Å²) < 4.78 is 2.49. The van der Waals surface area contributed by atoms with Gasteiger partial charge < -0.3 is 9.36 Å². The van der Waals surface area contributed by atoms with Crippen LogP contribution in [0.25, 0.3) is 21.2 Å². The SMILES string of the molecule is O=CCn1cc(CN2CCCC2)c2scc(-c3ccc(Cl)c(Cl)c3)c2c1=O. The Bertz CT molecular complexity index is 1070. The van der Waals surface area contributed by atoms with Gasteiger partial charge in [0.25, 0.3) is 5.56 Å². The average molecular weight is 421 g/mol. The fraction of sp³-hybridized carbons (Fsp3) is 0.300. The minimum atomic E-state index is -0.149. The average Bonchev–Trinajstić information content (AvgIpc) is 3.31. The lowest BCUT2D eigenvalue weighted by Crippen LogP contribution is -2.24. The maximum absolute atomic E-state index is 13.1. The van der Waals surface area contributed by atoms with Crippen molar-refractivity contribution in [2.75, 3.05) is 13.1 Å². The molecule has 0 spiro atoms. The van der Waals surface area contributed by atoms with E-state index in [1.165, 1.54) is 17.4 Å². The summed E-state index contributed by atoms with van der Waals surface area (Å²) in [5.41, 5.74) is 2.62. The van der Waals surface area contributed by atoms with Gasteiger partial charge in [-0.25, -0.2) is 0 Å². The normalized spacial score (nSPS) is 14.9. The summed E-state index contributed by atoms with van der Waals surface area (Å²) in [7, 11) is 0. The van der Waals surface area contributed by atoms with E-state index in [1.54, 1.807) is 23.5 Å². The number of hydrogen-bond donors (Lipinski definition) is 0. The zero-order valence-corrected chi connectivity index (χ0v) is 16.9. The number of benzene rings is 1. The van der Waals surface area contributed by atoms with Gasteiger partial charge in [0.15, 0.2) is 0 Å². The molecule has 1 aliphatic rings. The number of carbonyl (C=O) groups excluding carboxylic acids is 1. The second-order valence-electron chi connectivity index (χ2n) is 6.74. The molecule has 2 aromatic heterocycles. The Labute approximate surface area is 170 Å². The summed E-state index contributed by atoms with van der Waals surface area (Å²) in [6.07, 6.45) is 5.01.